The number of esters is 1. The lowest BCUT2D eigenvalue weighted by Gasteiger charge is -1.80. The van der Waals surface area contributed by atoms with Gasteiger partial charge >= 0.3 is 5.97 Å². The van der Waals surface area contributed by atoms with Gasteiger partial charge in [-0.3, -0.25) is 4.79 Å². The lowest BCUT2D eigenvalue weighted by atomic mass is 10.4. The molecule has 0 aromatic carbocycles. The number of carbonyl (C=O) groups excluding carboxylic acids is 1. The van der Waals surface area contributed by atoms with Crippen LogP contribution in [0.5, 0.6) is 0 Å². The van der Waals surface area contributed by atoms with Gasteiger partial charge in [-0.15, -0.1) is 0 Å². The summed E-state index contributed by atoms with van der Waals surface area (Å²) in [6, 6.07) is 7.81. The van der Waals surface area contributed by atoms with Gasteiger partial charge < -0.3 is 9.15 Å². The Morgan fingerprint density at radius 1 is 1.14 bits per heavy atom. The van der Waals surface area contributed by atoms with Gasteiger partial charge in [0.2, 0.25) is 0 Å². The van der Waals surface area contributed by atoms with E-state index < -0.39 is 0 Å². The first-order chi connectivity index (χ1) is 6.72. The summed E-state index contributed by atoms with van der Waals surface area (Å²) in [5, 5.41) is 0. The molecular weight excluding hydrogens is 180 g/mol. The predicted octanol–water partition coefficient (Wildman–Crippen LogP) is 3.08. The summed E-state index contributed by atoms with van der Waals surface area (Å²) < 4.78 is 9.19. The van der Waals surface area contributed by atoms with Crippen LogP contribution in [0.4, 0.5) is 0 Å². The van der Waals surface area contributed by atoms with Crippen LogP contribution in [0.1, 0.15) is 20.8 Å². The average molecular weight is 196 g/mol. The van der Waals surface area contributed by atoms with Gasteiger partial charge in [-0.25, -0.2) is 0 Å². The summed E-state index contributed by atoms with van der Waals surface area (Å²) in [6.07, 6.45) is 0. The van der Waals surface area contributed by atoms with Gasteiger partial charge in [0.15, 0.2) is 0 Å². The maximum Gasteiger partial charge on any atom is 0.302 e. The Balaban J connectivity index is 0.000000217. The van der Waals surface area contributed by atoms with E-state index in [1.165, 1.54) is 14.0 Å². The van der Waals surface area contributed by atoms with Crippen molar-refractivity contribution in [2.24, 2.45) is 0 Å². The average Bonchev–Trinajstić information content (AvgIpc) is 2.85. The van der Waals surface area contributed by atoms with Crippen molar-refractivity contribution in [2.75, 3.05) is 7.11 Å². The molecule has 2 rings (SSSR count). The third-order valence-electron chi connectivity index (χ3n) is 1.35. The second kappa shape index (κ2) is 6.95. The summed E-state index contributed by atoms with van der Waals surface area (Å²) in [5.41, 5.74) is 1.94. The zero-order valence-electron chi connectivity index (χ0n) is 9.03. The van der Waals surface area contributed by atoms with E-state index in [2.05, 4.69) is 4.74 Å². The second-order valence-corrected chi connectivity index (χ2v) is 2.27. The van der Waals surface area contributed by atoms with E-state index in [0.717, 1.165) is 11.2 Å². The van der Waals surface area contributed by atoms with Gasteiger partial charge in [-0.05, 0) is 24.3 Å². The van der Waals surface area contributed by atoms with Gasteiger partial charge in [-0.2, -0.15) is 0 Å². The first kappa shape index (κ1) is 12.5. The molecule has 0 spiro atoms. The lowest BCUT2D eigenvalue weighted by molar-refractivity contribution is -0.137. The molecule has 78 valence electrons. The SMILES string of the molecule is CC.COC(C)=O.c1cc2ccc1o2. The molecule has 0 unspecified atom stereocenters. The van der Waals surface area contributed by atoms with Gasteiger partial charge in [0, 0.05) is 6.92 Å². The monoisotopic (exact) mass is 196 g/mol. The molecule has 0 aliphatic heterocycles. The molecule has 0 aliphatic carbocycles. The molecule has 2 bridgehead atoms. The molecule has 3 nitrogen and oxygen atoms in total. The van der Waals surface area contributed by atoms with Crippen molar-refractivity contribution >= 4 is 17.1 Å². The molecule has 0 saturated carbocycles. The van der Waals surface area contributed by atoms with E-state index in [0.29, 0.717) is 0 Å². The molecule has 2 aromatic heterocycles. The highest BCUT2D eigenvalue weighted by atomic mass is 16.5. The number of benzene rings is 1. The number of ether oxygens (including phenoxy) is 1. The highest BCUT2D eigenvalue weighted by molar-refractivity contribution is 5.65. The van der Waals surface area contributed by atoms with Crippen LogP contribution in [0.25, 0.3) is 11.2 Å². The fourth-order valence-electron chi connectivity index (χ4n) is 0.712. The van der Waals surface area contributed by atoms with E-state index in [9.17, 15) is 4.79 Å². The Morgan fingerprint density at radius 3 is 1.50 bits per heavy atom. The van der Waals surface area contributed by atoms with E-state index >= 15 is 0 Å². The minimum absolute atomic E-state index is 0.245. The number of furan rings is 2. The highest BCUT2D eigenvalue weighted by Crippen LogP contribution is 2.13. The van der Waals surface area contributed by atoms with Crippen LogP contribution in [0, 0.1) is 0 Å². The maximum absolute atomic E-state index is 9.59. The third-order valence-corrected chi connectivity index (χ3v) is 1.35. The van der Waals surface area contributed by atoms with E-state index in [4.69, 9.17) is 4.42 Å². The summed E-state index contributed by atoms with van der Waals surface area (Å²) in [4.78, 5) is 9.59. The Bertz CT molecular complexity index is 293. The maximum atomic E-state index is 9.59. The van der Waals surface area contributed by atoms with E-state index in [1.807, 2.05) is 38.1 Å². The molecule has 0 amide bonds. The smallest absolute Gasteiger partial charge is 0.302 e. The van der Waals surface area contributed by atoms with Crippen molar-refractivity contribution in [3.8, 4) is 0 Å². The first-order valence-electron chi connectivity index (χ1n) is 4.55. The number of hydrogen-bond donors (Lipinski definition) is 0. The summed E-state index contributed by atoms with van der Waals surface area (Å²) >= 11 is 0. The Morgan fingerprint density at radius 2 is 1.43 bits per heavy atom. The van der Waals surface area contributed by atoms with Gasteiger partial charge in [0.05, 0.1) is 7.11 Å². The van der Waals surface area contributed by atoms with Crippen molar-refractivity contribution in [1.82, 2.24) is 0 Å². The van der Waals surface area contributed by atoms with Crippen molar-refractivity contribution < 1.29 is 13.9 Å². The first-order valence-corrected chi connectivity index (χ1v) is 4.55. The van der Waals surface area contributed by atoms with Gasteiger partial charge in [-0.1, -0.05) is 13.8 Å². The zero-order valence-corrected chi connectivity index (χ0v) is 9.03. The Labute approximate surface area is 84.0 Å². The number of rotatable bonds is 0. The molecule has 0 fully saturated rings. The minimum atomic E-state index is -0.245. The molecule has 14 heavy (non-hydrogen) atoms. The van der Waals surface area contributed by atoms with Crippen molar-refractivity contribution in [1.29, 1.82) is 0 Å². The highest BCUT2D eigenvalue weighted by Gasteiger charge is 1.91. The predicted molar refractivity (Wildman–Crippen MR) is 56.4 cm³/mol. The fraction of sp³-hybridized carbons (Fsp3) is 0.364. The van der Waals surface area contributed by atoms with Crippen LogP contribution in [0.2, 0.25) is 0 Å². The summed E-state index contributed by atoms with van der Waals surface area (Å²) in [6.45, 7) is 5.36. The summed E-state index contributed by atoms with van der Waals surface area (Å²) in [5.74, 6) is -0.245. The number of carbonyl (C=O) groups is 1. The van der Waals surface area contributed by atoms with Gasteiger partial charge in [0.25, 0.3) is 0 Å². The molecule has 3 heteroatoms. The topological polar surface area (TPSA) is 39.4 Å². The van der Waals surface area contributed by atoms with Gasteiger partial charge in [0.1, 0.15) is 11.2 Å². The van der Waals surface area contributed by atoms with Crippen LogP contribution < -0.4 is 0 Å². The summed E-state index contributed by atoms with van der Waals surface area (Å²) in [7, 11) is 1.35. The zero-order chi connectivity index (χ0) is 11.0. The number of methoxy groups -OCH3 is 1. The Kier molecular flexibility index (Phi) is 6.20. The third kappa shape index (κ3) is 4.50. The lowest BCUT2D eigenvalue weighted by Crippen LogP contribution is -1.88. The van der Waals surface area contributed by atoms with E-state index in [1.54, 1.807) is 0 Å². The van der Waals surface area contributed by atoms with Crippen LogP contribution in [0.3, 0.4) is 0 Å². The van der Waals surface area contributed by atoms with Crippen molar-refractivity contribution in [2.45, 2.75) is 20.8 Å². The molecule has 0 saturated heterocycles. The number of fused-ring (bicyclic) bond motifs is 2. The van der Waals surface area contributed by atoms with E-state index in [-0.39, 0.29) is 5.97 Å². The second-order valence-electron chi connectivity index (χ2n) is 2.27. The molecule has 2 heterocycles. The molecule has 0 N–H and O–H groups in total. The van der Waals surface area contributed by atoms with Crippen molar-refractivity contribution in [3.05, 3.63) is 24.3 Å². The van der Waals surface area contributed by atoms with Crippen LogP contribution in [-0.4, -0.2) is 13.1 Å². The quantitative estimate of drug-likeness (QED) is 0.608. The largest absolute Gasteiger partial charge is 0.469 e. The fourth-order valence-corrected chi connectivity index (χ4v) is 0.712. The normalized spacial score (nSPS) is 8.29. The standard InChI is InChI=1S/C6H4O.C3H6O2.C2H6/c1-2-6-4-3-5(1)7-6;1-3(4)5-2;1-2/h1-4H;1-2H3;1-2H3. The minimum Gasteiger partial charge on any atom is -0.469 e. The van der Waals surface area contributed by atoms with Crippen LogP contribution in [-0.2, 0) is 9.53 Å². The number of hydrogen-bond acceptors (Lipinski definition) is 3. The molecular formula is C11H16O3. The van der Waals surface area contributed by atoms with Crippen LogP contribution >= 0.6 is 0 Å². The Hall–Kier alpha value is -1.51. The van der Waals surface area contributed by atoms with Crippen LogP contribution in [0.15, 0.2) is 28.7 Å². The molecule has 0 radical (unpaired) electrons. The molecule has 2 aromatic rings. The van der Waals surface area contributed by atoms with Crippen molar-refractivity contribution in [3.63, 3.8) is 0 Å². The molecule has 0 aliphatic rings. The molecule has 0 atom stereocenters.